The minimum atomic E-state index is -0.486. The predicted molar refractivity (Wildman–Crippen MR) is 88.9 cm³/mol. The fourth-order valence-electron chi connectivity index (χ4n) is 2.23. The van der Waals surface area contributed by atoms with Gasteiger partial charge in [-0.25, -0.2) is 0 Å². The summed E-state index contributed by atoms with van der Waals surface area (Å²) in [5.74, 6) is -0.352. The van der Waals surface area contributed by atoms with E-state index in [9.17, 15) is 15.2 Å². The number of nitrogens with zero attached hydrogens (tertiary/aromatic N) is 4. The normalized spacial score (nSPS) is 10.9. The van der Waals surface area contributed by atoms with E-state index < -0.39 is 5.56 Å². The molecule has 0 unspecified atom stereocenters. The highest BCUT2D eigenvalue weighted by atomic mass is 16.5. The number of hydrogen-bond acceptors (Lipinski definition) is 6. The molecule has 1 N–H and O–H groups in total. The maximum Gasteiger partial charge on any atom is 0.281 e. The van der Waals surface area contributed by atoms with Gasteiger partial charge in [-0.1, -0.05) is 18.2 Å². The highest BCUT2D eigenvalue weighted by Gasteiger charge is 2.18. The van der Waals surface area contributed by atoms with Crippen LogP contribution in [0.1, 0.15) is 17.5 Å². The molecule has 1 aromatic carbocycles. The van der Waals surface area contributed by atoms with E-state index >= 15 is 0 Å². The monoisotopic (exact) mass is 326 g/mol. The van der Waals surface area contributed by atoms with Crippen molar-refractivity contribution < 1.29 is 9.84 Å². The van der Waals surface area contributed by atoms with Gasteiger partial charge in [0.15, 0.2) is 5.69 Å². The minimum absolute atomic E-state index is 0.0222. The van der Waals surface area contributed by atoms with Crippen LogP contribution in [0, 0.1) is 18.3 Å². The molecule has 1 aromatic heterocycles. The molecule has 0 fully saturated rings. The van der Waals surface area contributed by atoms with Crippen molar-refractivity contribution in [1.29, 1.82) is 5.26 Å². The summed E-state index contributed by atoms with van der Waals surface area (Å²) in [6, 6.07) is 10.9. The lowest BCUT2D eigenvalue weighted by Gasteiger charge is -2.12. The van der Waals surface area contributed by atoms with Crippen LogP contribution in [0.2, 0.25) is 0 Å². The van der Waals surface area contributed by atoms with Crippen LogP contribution in [-0.2, 0) is 11.3 Å². The lowest BCUT2D eigenvalue weighted by molar-refractivity contribution is 0.188. The summed E-state index contributed by atoms with van der Waals surface area (Å²) in [5, 5.41) is 27.5. The molecule has 0 atom stereocenters. The van der Waals surface area contributed by atoms with Crippen molar-refractivity contribution in [1.82, 2.24) is 4.57 Å². The number of ether oxygens (including phenoxy) is 1. The van der Waals surface area contributed by atoms with Crippen LogP contribution in [0.25, 0.3) is 0 Å². The van der Waals surface area contributed by atoms with Gasteiger partial charge in [-0.05, 0) is 25.5 Å². The SMILES string of the molecule is COCCCn1c(O)c(C#N)c(C)c(N=Nc2ccccc2)c1=O. The Bertz CT molecular complexity index is 836. The zero-order valence-corrected chi connectivity index (χ0v) is 13.6. The quantitative estimate of drug-likeness (QED) is 0.650. The molecule has 2 rings (SSSR count). The van der Waals surface area contributed by atoms with Crippen molar-refractivity contribution in [2.75, 3.05) is 13.7 Å². The van der Waals surface area contributed by atoms with Crippen molar-refractivity contribution in [2.24, 2.45) is 10.2 Å². The summed E-state index contributed by atoms with van der Waals surface area (Å²) in [6.07, 6.45) is 0.521. The second-order valence-corrected chi connectivity index (χ2v) is 5.12. The van der Waals surface area contributed by atoms with Gasteiger partial charge in [-0.15, -0.1) is 5.11 Å². The Labute approximate surface area is 139 Å². The molecule has 0 amide bonds. The van der Waals surface area contributed by atoms with Crippen LogP contribution in [-0.4, -0.2) is 23.4 Å². The van der Waals surface area contributed by atoms with Gasteiger partial charge >= 0.3 is 0 Å². The molecule has 24 heavy (non-hydrogen) atoms. The molecule has 0 spiro atoms. The molecule has 0 radical (unpaired) electrons. The van der Waals surface area contributed by atoms with E-state index in [0.717, 1.165) is 4.57 Å². The van der Waals surface area contributed by atoms with Gasteiger partial charge in [0.05, 0.1) is 5.69 Å². The van der Waals surface area contributed by atoms with Crippen LogP contribution >= 0.6 is 0 Å². The van der Waals surface area contributed by atoms with Gasteiger partial charge in [-0.2, -0.15) is 10.4 Å². The first-order valence-electron chi connectivity index (χ1n) is 7.42. The van der Waals surface area contributed by atoms with Crippen LogP contribution in [0.15, 0.2) is 45.4 Å². The summed E-state index contributed by atoms with van der Waals surface area (Å²) in [6.45, 7) is 2.22. The minimum Gasteiger partial charge on any atom is -0.493 e. The first-order valence-corrected chi connectivity index (χ1v) is 7.42. The standard InChI is InChI=1S/C17H18N4O3/c1-12-14(11-18)16(22)21(9-6-10-24-2)17(23)15(12)20-19-13-7-4-3-5-8-13/h3-5,7-8,22H,6,9-10H2,1-2H3. The van der Waals surface area contributed by atoms with Crippen LogP contribution in [0.5, 0.6) is 5.88 Å². The van der Waals surface area contributed by atoms with Crippen molar-refractivity contribution in [3.63, 3.8) is 0 Å². The summed E-state index contributed by atoms with van der Waals surface area (Å²) < 4.78 is 6.08. The number of aromatic nitrogens is 1. The summed E-state index contributed by atoms with van der Waals surface area (Å²) in [7, 11) is 1.55. The second-order valence-electron chi connectivity index (χ2n) is 5.12. The van der Waals surface area contributed by atoms with Gasteiger partial charge in [0.25, 0.3) is 5.56 Å². The second kappa shape index (κ2) is 8.04. The Morgan fingerprint density at radius 2 is 2.00 bits per heavy atom. The third-order valence-corrected chi connectivity index (χ3v) is 3.52. The Morgan fingerprint density at radius 1 is 1.29 bits per heavy atom. The number of nitriles is 1. The Kier molecular flexibility index (Phi) is 5.82. The smallest absolute Gasteiger partial charge is 0.281 e. The molecule has 1 heterocycles. The number of aromatic hydroxyl groups is 1. The number of benzene rings is 1. The van der Waals surface area contributed by atoms with E-state index in [0.29, 0.717) is 24.3 Å². The third kappa shape index (κ3) is 3.67. The first kappa shape index (κ1) is 17.4. The molecule has 0 saturated carbocycles. The summed E-state index contributed by atoms with van der Waals surface area (Å²) in [5.41, 5.74) is 0.482. The molecule has 7 heteroatoms. The third-order valence-electron chi connectivity index (χ3n) is 3.52. The fraction of sp³-hybridized carbons (Fsp3) is 0.294. The first-order chi connectivity index (χ1) is 11.6. The lowest BCUT2D eigenvalue weighted by atomic mass is 10.1. The number of rotatable bonds is 6. The van der Waals surface area contributed by atoms with Crippen molar-refractivity contribution in [3.05, 3.63) is 51.8 Å². The molecule has 7 nitrogen and oxygen atoms in total. The van der Waals surface area contributed by atoms with E-state index in [4.69, 9.17) is 4.74 Å². The van der Waals surface area contributed by atoms with E-state index in [1.165, 1.54) is 0 Å². The molecule has 124 valence electrons. The zero-order valence-electron chi connectivity index (χ0n) is 13.6. The maximum absolute atomic E-state index is 12.6. The van der Waals surface area contributed by atoms with Gasteiger partial charge in [0.1, 0.15) is 11.6 Å². The average molecular weight is 326 g/mol. The summed E-state index contributed by atoms with van der Waals surface area (Å²) in [4.78, 5) is 12.6. The average Bonchev–Trinajstić information content (AvgIpc) is 2.59. The summed E-state index contributed by atoms with van der Waals surface area (Å²) >= 11 is 0. The zero-order chi connectivity index (χ0) is 17.5. The highest BCUT2D eigenvalue weighted by molar-refractivity contribution is 5.56. The molecule has 0 aliphatic heterocycles. The lowest BCUT2D eigenvalue weighted by Crippen LogP contribution is -2.22. The predicted octanol–water partition coefficient (Wildman–Crippen LogP) is 3.19. The van der Waals surface area contributed by atoms with Crippen molar-refractivity contribution in [2.45, 2.75) is 19.9 Å². The van der Waals surface area contributed by atoms with E-state index in [-0.39, 0.29) is 23.7 Å². The Morgan fingerprint density at radius 3 is 2.62 bits per heavy atom. The van der Waals surface area contributed by atoms with Crippen molar-refractivity contribution >= 4 is 11.4 Å². The van der Waals surface area contributed by atoms with Crippen LogP contribution < -0.4 is 5.56 Å². The molecule has 2 aromatic rings. The number of hydrogen-bond donors (Lipinski definition) is 1. The van der Waals surface area contributed by atoms with Gasteiger partial charge in [0, 0.05) is 25.8 Å². The molecular formula is C17H18N4O3. The van der Waals surface area contributed by atoms with Gasteiger partial charge < -0.3 is 9.84 Å². The highest BCUT2D eigenvalue weighted by Crippen LogP contribution is 2.26. The molecule has 0 aliphatic carbocycles. The van der Waals surface area contributed by atoms with E-state index in [1.807, 2.05) is 24.3 Å². The van der Waals surface area contributed by atoms with Crippen molar-refractivity contribution in [3.8, 4) is 11.9 Å². The molecular weight excluding hydrogens is 308 g/mol. The molecule has 0 bridgehead atoms. The van der Waals surface area contributed by atoms with Gasteiger partial charge in [0.2, 0.25) is 5.88 Å². The van der Waals surface area contributed by atoms with Crippen LogP contribution in [0.3, 0.4) is 0 Å². The largest absolute Gasteiger partial charge is 0.493 e. The maximum atomic E-state index is 12.6. The van der Waals surface area contributed by atoms with E-state index in [1.54, 1.807) is 26.2 Å². The van der Waals surface area contributed by atoms with Crippen LogP contribution in [0.4, 0.5) is 11.4 Å². The fourth-order valence-corrected chi connectivity index (χ4v) is 2.23. The number of azo groups is 1. The number of pyridine rings is 1. The number of methoxy groups -OCH3 is 1. The topological polar surface area (TPSA) is 100.0 Å². The molecule has 0 saturated heterocycles. The van der Waals surface area contributed by atoms with E-state index in [2.05, 4.69) is 10.2 Å². The Hall–Kier alpha value is -2.98. The Balaban J connectivity index is 2.50. The molecule has 0 aliphatic rings. The van der Waals surface area contributed by atoms with Gasteiger partial charge in [-0.3, -0.25) is 9.36 Å².